The molecule has 0 radical (unpaired) electrons. The molecule has 43 heavy (non-hydrogen) atoms. The van der Waals surface area contributed by atoms with Gasteiger partial charge in [0, 0.05) is 14.9 Å². The molecule has 4 aromatic rings. The minimum atomic E-state index is -0.758. The van der Waals surface area contributed by atoms with Gasteiger partial charge in [-0.1, -0.05) is 69.7 Å². The van der Waals surface area contributed by atoms with Crippen molar-refractivity contribution in [2.75, 3.05) is 11.2 Å². The molecule has 1 amide bonds. The van der Waals surface area contributed by atoms with Gasteiger partial charge in [-0.25, -0.2) is 9.79 Å². The quantitative estimate of drug-likeness (QED) is 0.197. The monoisotopic (exact) mass is 673 g/mol. The number of thiazole rings is 1. The fraction of sp³-hybridized carbons (Fsp3) is 0.212. The first kappa shape index (κ1) is 29.3. The predicted octanol–water partition coefficient (Wildman–Crippen LogP) is 5.59. The molecule has 2 aliphatic rings. The zero-order valence-electron chi connectivity index (χ0n) is 24.0. The topological polar surface area (TPSA) is 81.0 Å². The number of nitrogens with zero attached hydrogens (tertiary/aromatic N) is 3. The van der Waals surface area contributed by atoms with Crippen molar-refractivity contribution in [3.8, 4) is 0 Å². The molecule has 0 saturated heterocycles. The van der Waals surface area contributed by atoms with E-state index in [1.807, 2.05) is 79.1 Å². The van der Waals surface area contributed by atoms with Gasteiger partial charge < -0.3 is 9.64 Å². The second kappa shape index (κ2) is 11.7. The van der Waals surface area contributed by atoms with E-state index in [1.165, 1.54) is 15.9 Å². The van der Waals surface area contributed by atoms with Crippen molar-refractivity contribution < 1.29 is 14.3 Å². The summed E-state index contributed by atoms with van der Waals surface area (Å²) in [6.07, 6.45) is 1.64. The van der Waals surface area contributed by atoms with Crippen molar-refractivity contribution in [2.24, 2.45) is 4.99 Å². The van der Waals surface area contributed by atoms with Gasteiger partial charge in [0.05, 0.1) is 41.2 Å². The van der Waals surface area contributed by atoms with Gasteiger partial charge in [-0.2, -0.15) is 0 Å². The van der Waals surface area contributed by atoms with Crippen molar-refractivity contribution >= 4 is 62.2 Å². The molecule has 0 bridgehead atoms. The molecule has 0 fully saturated rings. The number of esters is 1. The third-order valence-corrected chi connectivity index (χ3v) is 9.67. The van der Waals surface area contributed by atoms with Crippen LogP contribution in [0.1, 0.15) is 43.5 Å². The molecule has 218 valence electrons. The number of hydrogen-bond donors (Lipinski definition) is 0. The average Bonchev–Trinajstić information content (AvgIpc) is 3.44. The van der Waals surface area contributed by atoms with Crippen molar-refractivity contribution in [3.05, 3.63) is 125 Å². The molecule has 3 aromatic carbocycles. The first-order valence-corrected chi connectivity index (χ1v) is 16.6. The number of anilines is 1. The van der Waals surface area contributed by atoms with Crippen LogP contribution in [0.2, 0.25) is 0 Å². The van der Waals surface area contributed by atoms with E-state index in [0.717, 1.165) is 26.2 Å². The molecule has 6 rings (SSSR count). The summed E-state index contributed by atoms with van der Waals surface area (Å²) in [5.41, 5.74) is 3.89. The number of thioether (sulfide) groups is 1. The van der Waals surface area contributed by atoms with Crippen LogP contribution in [0.3, 0.4) is 0 Å². The van der Waals surface area contributed by atoms with Crippen LogP contribution in [-0.4, -0.2) is 28.8 Å². The molecule has 0 aliphatic carbocycles. The van der Waals surface area contributed by atoms with Gasteiger partial charge in [0.25, 0.3) is 11.5 Å². The molecule has 0 spiro atoms. The van der Waals surface area contributed by atoms with Crippen molar-refractivity contribution in [1.82, 2.24) is 4.57 Å². The number of halogens is 1. The summed E-state index contributed by atoms with van der Waals surface area (Å²) in [5, 5.41) is 0. The molecule has 3 heterocycles. The summed E-state index contributed by atoms with van der Waals surface area (Å²) in [6, 6.07) is 22.4. The molecule has 0 unspecified atom stereocenters. The summed E-state index contributed by atoms with van der Waals surface area (Å²) in [7, 11) is 0. The Bertz CT molecular complexity index is 1980. The van der Waals surface area contributed by atoms with Gasteiger partial charge in [-0.15, -0.1) is 11.8 Å². The van der Waals surface area contributed by atoms with Crippen molar-refractivity contribution in [1.29, 1.82) is 0 Å². The summed E-state index contributed by atoms with van der Waals surface area (Å²) >= 11 is 6.33. The molecule has 0 saturated carbocycles. The first-order valence-electron chi connectivity index (χ1n) is 13.7. The maximum Gasteiger partial charge on any atom is 0.338 e. The second-order valence-corrected chi connectivity index (χ2v) is 13.3. The lowest BCUT2D eigenvalue weighted by Crippen LogP contribution is -2.41. The van der Waals surface area contributed by atoms with Crippen LogP contribution in [-0.2, 0) is 20.9 Å². The molecular weight excluding hydrogens is 646 g/mol. The minimum Gasteiger partial charge on any atom is -0.459 e. The Kier molecular flexibility index (Phi) is 8.02. The molecule has 10 heteroatoms. The number of benzene rings is 3. The number of amides is 1. The highest BCUT2D eigenvalue weighted by molar-refractivity contribution is 9.10. The van der Waals surface area contributed by atoms with Gasteiger partial charge >= 0.3 is 5.97 Å². The van der Waals surface area contributed by atoms with E-state index in [1.54, 1.807) is 37.4 Å². The molecule has 0 N–H and O–H groups in total. The lowest BCUT2D eigenvalue weighted by atomic mass is 9.96. The molecule has 1 atom stereocenters. The summed E-state index contributed by atoms with van der Waals surface area (Å²) in [5.74, 6) is -0.772. The van der Waals surface area contributed by atoms with Crippen LogP contribution in [0.15, 0.2) is 103 Å². The number of carbonyl (C=O) groups is 2. The maximum atomic E-state index is 14.4. The van der Waals surface area contributed by atoms with Crippen LogP contribution < -0.4 is 19.8 Å². The van der Waals surface area contributed by atoms with Gasteiger partial charge in [-0.3, -0.25) is 14.2 Å². The highest BCUT2D eigenvalue weighted by atomic mass is 79.9. The smallest absolute Gasteiger partial charge is 0.338 e. The third-order valence-electron chi connectivity index (χ3n) is 7.38. The summed E-state index contributed by atoms with van der Waals surface area (Å²) < 4.78 is 8.25. The Morgan fingerprint density at radius 2 is 1.79 bits per heavy atom. The average molecular weight is 675 g/mol. The Labute approximate surface area is 265 Å². The fourth-order valence-corrected chi connectivity index (χ4v) is 7.36. The Balaban J connectivity index is 1.58. The Morgan fingerprint density at radius 1 is 1.07 bits per heavy atom. The number of allylic oxidation sites excluding steroid dienone is 1. The number of hydrogen-bond acceptors (Lipinski definition) is 7. The lowest BCUT2D eigenvalue weighted by Gasteiger charge is -2.25. The van der Waals surface area contributed by atoms with Gasteiger partial charge in [0.2, 0.25) is 0 Å². The van der Waals surface area contributed by atoms with Crippen LogP contribution >= 0.6 is 39.0 Å². The molecular formula is C33H28BrN3O4S2. The van der Waals surface area contributed by atoms with Gasteiger partial charge in [0.15, 0.2) is 4.80 Å². The molecule has 7 nitrogen and oxygen atoms in total. The van der Waals surface area contributed by atoms with E-state index in [-0.39, 0.29) is 22.1 Å². The highest BCUT2D eigenvalue weighted by Crippen LogP contribution is 2.38. The second-order valence-electron chi connectivity index (χ2n) is 10.5. The van der Waals surface area contributed by atoms with Crippen LogP contribution in [0.4, 0.5) is 5.69 Å². The Hall–Kier alpha value is -3.73. The van der Waals surface area contributed by atoms with E-state index in [9.17, 15) is 14.4 Å². The van der Waals surface area contributed by atoms with E-state index < -0.39 is 12.0 Å². The normalized spacial score (nSPS) is 17.2. The number of fused-ring (bicyclic) bond motifs is 2. The zero-order chi connectivity index (χ0) is 30.4. The van der Waals surface area contributed by atoms with E-state index in [0.29, 0.717) is 33.8 Å². The third kappa shape index (κ3) is 5.32. The van der Waals surface area contributed by atoms with E-state index in [4.69, 9.17) is 9.73 Å². The maximum absolute atomic E-state index is 14.4. The van der Waals surface area contributed by atoms with Gasteiger partial charge in [-0.05, 0) is 68.5 Å². The van der Waals surface area contributed by atoms with Crippen LogP contribution in [0.25, 0.3) is 5.57 Å². The van der Waals surface area contributed by atoms with Crippen LogP contribution in [0.5, 0.6) is 0 Å². The highest BCUT2D eigenvalue weighted by Gasteiger charge is 2.37. The van der Waals surface area contributed by atoms with Gasteiger partial charge in [0.1, 0.15) is 4.53 Å². The SMILES string of the molecule is CSc1ccc([C@H]2C(C(=O)OC(C)C)=C(C)N=c3s/c(=C4/C(=O)N(Cc5ccccc5)c5ccc(Br)cc54)c(=O)n32)cc1. The number of aromatic nitrogens is 1. The predicted molar refractivity (Wildman–Crippen MR) is 174 cm³/mol. The zero-order valence-corrected chi connectivity index (χ0v) is 27.2. The van der Waals surface area contributed by atoms with E-state index >= 15 is 0 Å². The first-order chi connectivity index (χ1) is 20.7. The standard InChI is InChI=1S/C33H28BrN3O4S2/c1-18(2)41-32(40)26-19(3)35-33-37(28(26)21-10-13-23(42-4)14-11-21)31(39)29(43-33)27-24-16-22(34)12-15-25(24)36(30(27)38)17-20-8-6-5-7-9-20/h5-16,18,28H,17H2,1-4H3/b29-27+/t28-/m0/s1. The van der Waals surface area contributed by atoms with Crippen molar-refractivity contribution in [3.63, 3.8) is 0 Å². The summed E-state index contributed by atoms with van der Waals surface area (Å²) in [4.78, 5) is 49.9. The fourth-order valence-electron chi connectivity index (χ4n) is 5.46. The molecule has 2 aliphatic heterocycles. The minimum absolute atomic E-state index is 0.252. The van der Waals surface area contributed by atoms with E-state index in [2.05, 4.69) is 15.9 Å². The lowest BCUT2D eigenvalue weighted by molar-refractivity contribution is -0.143. The number of rotatable bonds is 6. The number of carbonyl (C=O) groups excluding carboxylic acids is 2. The largest absolute Gasteiger partial charge is 0.459 e. The van der Waals surface area contributed by atoms with Crippen molar-refractivity contribution in [2.45, 2.75) is 44.4 Å². The summed E-state index contributed by atoms with van der Waals surface area (Å²) in [6.45, 7) is 5.70. The molecule has 1 aromatic heterocycles. The number of ether oxygens (including phenoxy) is 1. The van der Waals surface area contributed by atoms with Crippen LogP contribution in [0, 0.1) is 0 Å². The Morgan fingerprint density at radius 3 is 2.47 bits per heavy atom.